The number of methoxy groups -OCH3 is 2. The second-order valence-electron chi connectivity index (χ2n) is 9.53. The minimum absolute atomic E-state index is 0.0106. The number of ether oxygens (including phenoxy) is 3. The van der Waals surface area contributed by atoms with Crippen molar-refractivity contribution in [3.63, 3.8) is 0 Å². The van der Waals surface area contributed by atoms with Crippen molar-refractivity contribution in [1.29, 1.82) is 0 Å². The molecule has 0 unspecified atom stereocenters. The van der Waals surface area contributed by atoms with Crippen molar-refractivity contribution >= 4 is 0 Å². The fourth-order valence-corrected chi connectivity index (χ4v) is 7.81. The van der Waals surface area contributed by atoms with Gasteiger partial charge in [-0.25, -0.2) is 0 Å². The number of piperidine rings is 1. The first-order valence-corrected chi connectivity index (χ1v) is 10.5. The van der Waals surface area contributed by atoms with Crippen LogP contribution in [-0.4, -0.2) is 61.7 Å². The van der Waals surface area contributed by atoms with E-state index in [0.717, 1.165) is 37.3 Å². The van der Waals surface area contributed by atoms with Crippen LogP contribution in [0, 0.1) is 11.3 Å². The van der Waals surface area contributed by atoms with Crippen LogP contribution in [-0.2, 0) is 16.6 Å². The summed E-state index contributed by atoms with van der Waals surface area (Å²) in [7, 11) is 5.74. The van der Waals surface area contributed by atoms with Gasteiger partial charge in [0.25, 0.3) is 0 Å². The van der Waals surface area contributed by atoms with Crippen molar-refractivity contribution < 1.29 is 19.3 Å². The molecule has 5 nitrogen and oxygen atoms in total. The third kappa shape index (κ3) is 1.54. The van der Waals surface area contributed by atoms with Crippen molar-refractivity contribution in [2.75, 3.05) is 27.8 Å². The van der Waals surface area contributed by atoms with Crippen LogP contribution in [0.5, 0.6) is 11.5 Å². The number of hydrogen-bond donors (Lipinski definition) is 1. The first kappa shape index (κ1) is 17.3. The van der Waals surface area contributed by atoms with Crippen molar-refractivity contribution in [2.24, 2.45) is 11.3 Å². The molecule has 5 heteroatoms. The summed E-state index contributed by atoms with van der Waals surface area (Å²) in [4.78, 5) is 2.53. The molecule has 1 aromatic rings. The average Bonchev–Trinajstić information content (AvgIpc) is 3.07. The SMILES string of the molecule is COc1ccc2c3c1O[C@H]1[C@@]4(OC)C=C[C@@]5(C[C@@H]4[C@@H](C)O)[C@@H](C2)N(C)CC[C@]315. The zero-order valence-electron chi connectivity index (χ0n) is 17.1. The molecule has 2 fully saturated rings. The Bertz CT molecular complexity index is 897. The van der Waals surface area contributed by atoms with E-state index >= 15 is 0 Å². The van der Waals surface area contributed by atoms with E-state index in [2.05, 4.69) is 36.2 Å². The van der Waals surface area contributed by atoms with Gasteiger partial charge in [0.2, 0.25) is 0 Å². The lowest BCUT2D eigenvalue weighted by molar-refractivity contribution is -0.228. The normalized spacial score (nSPS) is 45.5. The Morgan fingerprint density at radius 2 is 2.11 bits per heavy atom. The van der Waals surface area contributed by atoms with Crippen molar-refractivity contribution in [1.82, 2.24) is 4.90 Å². The van der Waals surface area contributed by atoms with E-state index in [0.29, 0.717) is 6.04 Å². The second-order valence-corrected chi connectivity index (χ2v) is 9.53. The summed E-state index contributed by atoms with van der Waals surface area (Å²) in [5, 5.41) is 10.8. The minimum Gasteiger partial charge on any atom is -0.493 e. The van der Waals surface area contributed by atoms with Gasteiger partial charge in [0.05, 0.1) is 18.6 Å². The van der Waals surface area contributed by atoms with Crippen LogP contribution < -0.4 is 9.47 Å². The second kappa shape index (κ2) is 5.13. The maximum Gasteiger partial charge on any atom is 0.166 e. The van der Waals surface area contributed by atoms with E-state index in [-0.39, 0.29) is 22.9 Å². The van der Waals surface area contributed by atoms with Crippen LogP contribution in [0.4, 0.5) is 0 Å². The Labute approximate surface area is 166 Å². The van der Waals surface area contributed by atoms with Crippen LogP contribution >= 0.6 is 0 Å². The lowest BCUT2D eigenvalue weighted by atomic mass is 9.37. The van der Waals surface area contributed by atoms with Gasteiger partial charge in [0.15, 0.2) is 11.5 Å². The molecular weight excluding hydrogens is 354 g/mol. The number of aliphatic hydroxyl groups excluding tert-OH is 1. The third-order valence-corrected chi connectivity index (χ3v) is 8.91. The predicted molar refractivity (Wildman–Crippen MR) is 105 cm³/mol. The topological polar surface area (TPSA) is 51.2 Å². The molecule has 28 heavy (non-hydrogen) atoms. The number of likely N-dealkylation sites (N-methyl/N-ethyl adjacent to an activating group) is 1. The van der Waals surface area contributed by atoms with Crippen molar-refractivity contribution in [2.45, 2.75) is 55.5 Å². The first-order valence-electron chi connectivity index (χ1n) is 10.5. The van der Waals surface area contributed by atoms with Crippen molar-refractivity contribution in [3.05, 3.63) is 35.4 Å². The lowest BCUT2D eigenvalue weighted by Gasteiger charge is -2.71. The average molecular weight is 383 g/mol. The van der Waals surface area contributed by atoms with Crippen LogP contribution in [0.2, 0.25) is 0 Å². The standard InChI is InChI=1S/C23H29NO4/c1-13(25)15-12-21-7-8-23(15,27-4)20-22(21)9-10-24(2)17(21)11-14-5-6-16(26-3)19(28-20)18(14)22/h5-8,13,15,17,20,25H,9-12H2,1-4H3/t13-,15-,17-,20-,21-,22+,23-/m1/s1. The summed E-state index contributed by atoms with van der Waals surface area (Å²) in [6.07, 6.45) is 7.06. The summed E-state index contributed by atoms with van der Waals surface area (Å²) in [5.74, 6) is 1.74. The molecule has 1 saturated heterocycles. The molecule has 1 N–H and O–H groups in total. The summed E-state index contributed by atoms with van der Waals surface area (Å²) in [5.41, 5.74) is 1.97. The Morgan fingerprint density at radius 3 is 2.82 bits per heavy atom. The smallest absolute Gasteiger partial charge is 0.166 e. The van der Waals surface area contributed by atoms with E-state index in [1.54, 1.807) is 14.2 Å². The fourth-order valence-electron chi connectivity index (χ4n) is 7.81. The van der Waals surface area contributed by atoms with E-state index in [9.17, 15) is 5.11 Å². The van der Waals surface area contributed by atoms with E-state index < -0.39 is 11.7 Å². The molecule has 7 atom stereocenters. The Morgan fingerprint density at radius 1 is 1.29 bits per heavy atom. The monoisotopic (exact) mass is 383 g/mol. The van der Waals surface area contributed by atoms with Gasteiger partial charge in [-0.1, -0.05) is 18.2 Å². The number of likely N-dealkylation sites (tertiary alicyclic amines) is 1. The minimum atomic E-state index is -0.616. The summed E-state index contributed by atoms with van der Waals surface area (Å²) in [6, 6.07) is 4.70. The van der Waals surface area contributed by atoms with Crippen molar-refractivity contribution in [3.8, 4) is 11.5 Å². The number of hydrogen-bond acceptors (Lipinski definition) is 5. The highest BCUT2D eigenvalue weighted by Gasteiger charge is 2.79. The van der Waals surface area contributed by atoms with Gasteiger partial charge in [-0.3, -0.25) is 0 Å². The highest BCUT2D eigenvalue weighted by Crippen LogP contribution is 2.74. The number of aliphatic hydroxyl groups is 1. The van der Waals surface area contributed by atoms with Gasteiger partial charge < -0.3 is 24.2 Å². The highest BCUT2D eigenvalue weighted by atomic mass is 16.6. The first-order chi connectivity index (χ1) is 13.4. The molecule has 150 valence electrons. The summed E-state index contributed by atoms with van der Waals surface area (Å²) >= 11 is 0. The molecule has 0 aromatic heterocycles. The molecule has 2 spiro atoms. The van der Waals surface area contributed by atoms with E-state index in [4.69, 9.17) is 14.2 Å². The number of fused-ring (bicyclic) bond motifs is 1. The molecule has 0 radical (unpaired) electrons. The molecule has 2 aliphatic heterocycles. The molecule has 1 aromatic carbocycles. The zero-order chi connectivity index (χ0) is 19.5. The van der Waals surface area contributed by atoms with Gasteiger partial charge in [-0.15, -0.1) is 0 Å². The van der Waals surface area contributed by atoms with Crippen LogP contribution in [0.15, 0.2) is 24.3 Å². The zero-order valence-corrected chi connectivity index (χ0v) is 17.1. The molecule has 6 aliphatic rings. The largest absolute Gasteiger partial charge is 0.493 e. The van der Waals surface area contributed by atoms with E-state index in [1.807, 2.05) is 6.92 Å². The molecule has 4 aliphatic carbocycles. The lowest BCUT2D eigenvalue weighted by Crippen LogP contribution is -2.79. The molecule has 4 bridgehead atoms. The molecule has 1 saturated carbocycles. The maximum absolute atomic E-state index is 10.8. The Balaban J connectivity index is 1.71. The predicted octanol–water partition coefficient (Wildman–Crippen LogP) is 2.30. The maximum atomic E-state index is 10.8. The van der Waals surface area contributed by atoms with Gasteiger partial charge in [-0.05, 0) is 51.4 Å². The number of benzene rings is 1. The Kier molecular flexibility index (Phi) is 3.17. The van der Waals surface area contributed by atoms with Crippen LogP contribution in [0.25, 0.3) is 0 Å². The molecule has 7 rings (SSSR count). The Hall–Kier alpha value is -1.56. The van der Waals surface area contributed by atoms with Gasteiger partial charge in [0, 0.05) is 30.0 Å². The van der Waals surface area contributed by atoms with E-state index in [1.165, 1.54) is 11.1 Å². The molecule has 2 heterocycles. The third-order valence-electron chi connectivity index (χ3n) is 8.91. The van der Waals surface area contributed by atoms with Gasteiger partial charge >= 0.3 is 0 Å². The van der Waals surface area contributed by atoms with Crippen LogP contribution in [0.1, 0.15) is 30.9 Å². The summed E-state index contributed by atoms with van der Waals surface area (Å²) in [6.45, 7) is 2.95. The number of rotatable bonds is 3. The molecular formula is C23H29NO4. The fraction of sp³-hybridized carbons (Fsp3) is 0.652. The van der Waals surface area contributed by atoms with Gasteiger partial charge in [-0.2, -0.15) is 0 Å². The van der Waals surface area contributed by atoms with Gasteiger partial charge in [0.1, 0.15) is 11.7 Å². The quantitative estimate of drug-likeness (QED) is 0.812. The number of nitrogens with zero attached hydrogens (tertiary/aromatic N) is 1. The molecule has 0 amide bonds. The summed E-state index contributed by atoms with van der Waals surface area (Å²) < 4.78 is 18.8. The highest BCUT2D eigenvalue weighted by molar-refractivity contribution is 5.65. The van der Waals surface area contributed by atoms with Crippen LogP contribution in [0.3, 0.4) is 0 Å².